The molecule has 0 N–H and O–H groups in total. The maximum Gasteiger partial charge on any atom is 0.348 e. The number of hydrogen-bond acceptors (Lipinski definition) is 4. The van der Waals surface area contributed by atoms with E-state index in [9.17, 15) is 14.9 Å². The second-order valence-corrected chi connectivity index (χ2v) is 6.83. The molecule has 0 unspecified atom stereocenters. The van der Waals surface area contributed by atoms with Gasteiger partial charge in [0.2, 0.25) is 0 Å². The van der Waals surface area contributed by atoms with E-state index < -0.39 is 4.92 Å². The van der Waals surface area contributed by atoms with Gasteiger partial charge in [-0.25, -0.2) is 4.79 Å². The lowest BCUT2D eigenvalue weighted by Gasteiger charge is -2.16. The molecule has 0 radical (unpaired) electrons. The average Bonchev–Trinajstić information content (AvgIpc) is 3.17. The van der Waals surface area contributed by atoms with Gasteiger partial charge in [0, 0.05) is 29.6 Å². The van der Waals surface area contributed by atoms with Gasteiger partial charge in [0.1, 0.15) is 0 Å². The van der Waals surface area contributed by atoms with E-state index in [1.165, 1.54) is 25.0 Å². The molecule has 26 heavy (non-hydrogen) atoms. The largest absolute Gasteiger partial charge is 0.348 e. The highest BCUT2D eigenvalue weighted by Gasteiger charge is 2.20. The van der Waals surface area contributed by atoms with Crippen LogP contribution in [0.3, 0.4) is 0 Å². The van der Waals surface area contributed by atoms with Crippen molar-refractivity contribution in [3.05, 3.63) is 69.1 Å². The highest BCUT2D eigenvalue weighted by Crippen LogP contribution is 2.31. The number of aromatic nitrogens is 2. The highest BCUT2D eigenvalue weighted by molar-refractivity contribution is 5.93. The third kappa shape index (κ3) is 2.98. The summed E-state index contributed by atoms with van der Waals surface area (Å²) in [5.74, 6) is 0.468. The van der Waals surface area contributed by atoms with E-state index in [-0.39, 0.29) is 11.4 Å². The molecule has 6 nitrogen and oxygen atoms in total. The van der Waals surface area contributed by atoms with Crippen molar-refractivity contribution in [2.75, 3.05) is 0 Å². The van der Waals surface area contributed by atoms with Crippen LogP contribution in [-0.2, 0) is 6.54 Å². The van der Waals surface area contributed by atoms with Gasteiger partial charge < -0.3 is 0 Å². The van der Waals surface area contributed by atoms with Crippen molar-refractivity contribution < 1.29 is 4.92 Å². The molecule has 1 heterocycles. The first-order valence-electron chi connectivity index (χ1n) is 8.88. The molecule has 0 aliphatic heterocycles. The molecule has 4 rings (SSSR count). The number of rotatable bonds is 4. The monoisotopic (exact) mass is 349 g/mol. The maximum atomic E-state index is 12.8. The van der Waals surface area contributed by atoms with Crippen molar-refractivity contribution in [2.24, 2.45) is 5.92 Å². The summed E-state index contributed by atoms with van der Waals surface area (Å²) in [6.07, 6.45) is 4.61. The average molecular weight is 349 g/mol. The van der Waals surface area contributed by atoms with E-state index in [1.54, 1.807) is 10.6 Å². The summed E-state index contributed by atoms with van der Waals surface area (Å²) in [6, 6.07) is 14.0. The Morgan fingerprint density at radius 1 is 1.12 bits per heavy atom. The molecule has 3 aromatic rings. The maximum absolute atomic E-state index is 12.8. The molecule has 1 aliphatic rings. The molecule has 0 saturated heterocycles. The molecule has 6 heteroatoms. The summed E-state index contributed by atoms with van der Waals surface area (Å²) in [6.45, 7) is 0.620. The van der Waals surface area contributed by atoms with Crippen molar-refractivity contribution in [1.29, 1.82) is 0 Å². The number of hydrogen-bond donors (Lipinski definition) is 0. The van der Waals surface area contributed by atoms with Gasteiger partial charge in [-0.05, 0) is 24.8 Å². The van der Waals surface area contributed by atoms with Crippen LogP contribution in [0.4, 0.5) is 5.69 Å². The second-order valence-electron chi connectivity index (χ2n) is 6.83. The van der Waals surface area contributed by atoms with Gasteiger partial charge in [0.15, 0.2) is 0 Å². The van der Waals surface area contributed by atoms with Crippen molar-refractivity contribution >= 4 is 16.6 Å². The van der Waals surface area contributed by atoms with E-state index in [4.69, 9.17) is 0 Å². The first-order chi connectivity index (χ1) is 12.6. The number of fused-ring (bicyclic) bond motifs is 1. The standard InChI is InChI=1S/C20H19N3O3/c24-20-21-19(15-8-2-1-3-9-15)17-12-16(23(25)26)10-11-18(17)22(20)13-14-6-4-5-7-14/h1-3,8-12,14H,4-7,13H2. The van der Waals surface area contributed by atoms with Gasteiger partial charge in [0.25, 0.3) is 5.69 Å². The Morgan fingerprint density at radius 3 is 2.54 bits per heavy atom. The summed E-state index contributed by atoms with van der Waals surface area (Å²) in [7, 11) is 0. The number of nitro benzene ring substituents is 1. The van der Waals surface area contributed by atoms with Gasteiger partial charge in [0.05, 0.1) is 16.1 Å². The highest BCUT2D eigenvalue weighted by atomic mass is 16.6. The van der Waals surface area contributed by atoms with E-state index in [1.807, 2.05) is 30.3 Å². The molecular formula is C20H19N3O3. The summed E-state index contributed by atoms with van der Waals surface area (Å²) in [4.78, 5) is 27.9. The molecule has 1 aliphatic carbocycles. The summed E-state index contributed by atoms with van der Waals surface area (Å²) in [5.41, 5.74) is 1.70. The van der Waals surface area contributed by atoms with Crippen LogP contribution in [0.25, 0.3) is 22.2 Å². The van der Waals surface area contributed by atoms with Gasteiger partial charge in [-0.15, -0.1) is 0 Å². The molecule has 1 fully saturated rings. The molecule has 132 valence electrons. The zero-order valence-electron chi connectivity index (χ0n) is 14.3. The van der Waals surface area contributed by atoms with E-state index >= 15 is 0 Å². The van der Waals surface area contributed by atoms with Crippen LogP contribution in [0, 0.1) is 16.0 Å². The van der Waals surface area contributed by atoms with Gasteiger partial charge in [-0.2, -0.15) is 4.98 Å². The molecule has 1 aromatic heterocycles. The Kier molecular flexibility index (Phi) is 4.24. The number of non-ortho nitro benzene ring substituents is 1. The third-order valence-electron chi connectivity index (χ3n) is 5.14. The number of nitro groups is 1. The molecule has 0 bridgehead atoms. The minimum Gasteiger partial charge on any atom is -0.292 e. The summed E-state index contributed by atoms with van der Waals surface area (Å²) >= 11 is 0. The fourth-order valence-electron chi connectivity index (χ4n) is 3.83. The Hall–Kier alpha value is -3.02. The normalized spacial score (nSPS) is 14.8. The SMILES string of the molecule is O=c1nc(-c2ccccc2)c2cc([N+](=O)[O-])ccc2n1CC1CCCC1. The lowest BCUT2D eigenvalue weighted by atomic mass is 10.0. The Bertz CT molecular complexity index is 1020. The van der Waals surface area contributed by atoms with Crippen LogP contribution in [0.1, 0.15) is 25.7 Å². The molecule has 2 aromatic carbocycles. The van der Waals surface area contributed by atoms with Gasteiger partial charge in [-0.1, -0.05) is 43.2 Å². The van der Waals surface area contributed by atoms with Crippen molar-refractivity contribution in [2.45, 2.75) is 32.2 Å². The Balaban J connectivity index is 1.95. The van der Waals surface area contributed by atoms with E-state index in [0.29, 0.717) is 29.1 Å². The zero-order chi connectivity index (χ0) is 18.1. The predicted octanol–water partition coefficient (Wildman–Crippen LogP) is 4.16. The van der Waals surface area contributed by atoms with Crippen LogP contribution >= 0.6 is 0 Å². The van der Waals surface area contributed by atoms with Crippen LogP contribution < -0.4 is 5.69 Å². The van der Waals surface area contributed by atoms with Crippen LogP contribution in [0.2, 0.25) is 0 Å². The molecule has 0 amide bonds. The smallest absolute Gasteiger partial charge is 0.292 e. The van der Waals surface area contributed by atoms with Gasteiger partial charge >= 0.3 is 5.69 Å². The van der Waals surface area contributed by atoms with Crippen molar-refractivity contribution in [3.8, 4) is 11.3 Å². The minimum absolute atomic E-state index is 0.00236. The minimum atomic E-state index is -0.416. The molecular weight excluding hydrogens is 330 g/mol. The van der Waals surface area contributed by atoms with Gasteiger partial charge in [-0.3, -0.25) is 14.7 Å². The topological polar surface area (TPSA) is 78.0 Å². The number of nitrogens with zero attached hydrogens (tertiary/aromatic N) is 3. The zero-order valence-corrected chi connectivity index (χ0v) is 14.3. The molecule has 1 saturated carbocycles. The molecule has 0 spiro atoms. The summed E-state index contributed by atoms with van der Waals surface area (Å²) in [5, 5.41) is 11.9. The first-order valence-corrected chi connectivity index (χ1v) is 8.88. The third-order valence-corrected chi connectivity index (χ3v) is 5.14. The fourth-order valence-corrected chi connectivity index (χ4v) is 3.83. The predicted molar refractivity (Wildman–Crippen MR) is 100 cm³/mol. The summed E-state index contributed by atoms with van der Waals surface area (Å²) < 4.78 is 1.68. The fraction of sp³-hybridized carbons (Fsp3) is 0.300. The van der Waals surface area contributed by atoms with Crippen LogP contribution in [0.5, 0.6) is 0 Å². The Morgan fingerprint density at radius 2 is 1.85 bits per heavy atom. The quantitative estimate of drug-likeness (QED) is 0.523. The Labute approximate surface area is 150 Å². The first kappa shape index (κ1) is 16.4. The van der Waals surface area contributed by atoms with E-state index in [0.717, 1.165) is 18.4 Å². The van der Waals surface area contributed by atoms with Crippen LogP contribution in [-0.4, -0.2) is 14.5 Å². The number of benzene rings is 2. The van der Waals surface area contributed by atoms with Crippen LogP contribution in [0.15, 0.2) is 53.3 Å². The lowest BCUT2D eigenvalue weighted by molar-refractivity contribution is -0.384. The molecule has 0 atom stereocenters. The lowest BCUT2D eigenvalue weighted by Crippen LogP contribution is -2.26. The van der Waals surface area contributed by atoms with E-state index in [2.05, 4.69) is 4.98 Å². The van der Waals surface area contributed by atoms with Crippen molar-refractivity contribution in [1.82, 2.24) is 9.55 Å². The second kappa shape index (κ2) is 6.71. The van der Waals surface area contributed by atoms with Crippen molar-refractivity contribution in [3.63, 3.8) is 0 Å².